The number of anilines is 1. The zero-order valence-electron chi connectivity index (χ0n) is 9.53. The van der Waals surface area contributed by atoms with Gasteiger partial charge in [-0.1, -0.05) is 5.57 Å². The van der Waals surface area contributed by atoms with E-state index in [1.165, 1.54) is 5.57 Å². The van der Waals surface area contributed by atoms with Crippen LogP contribution >= 0.6 is 0 Å². The lowest BCUT2D eigenvalue weighted by molar-refractivity contribution is 0.120. The third kappa shape index (κ3) is 1.73. The molecule has 4 nitrogen and oxygen atoms in total. The van der Waals surface area contributed by atoms with Crippen molar-refractivity contribution in [3.05, 3.63) is 17.0 Å². The van der Waals surface area contributed by atoms with Crippen molar-refractivity contribution < 1.29 is 9.15 Å². The van der Waals surface area contributed by atoms with E-state index in [1.54, 1.807) is 0 Å². The molecule has 16 heavy (non-hydrogen) atoms. The van der Waals surface area contributed by atoms with Crippen LogP contribution in [0.3, 0.4) is 0 Å². The van der Waals surface area contributed by atoms with E-state index >= 15 is 0 Å². The number of aryl methyl sites for hydroxylation is 1. The molecule has 1 aliphatic carbocycles. The minimum Gasteiger partial charge on any atom is -0.424 e. The summed E-state index contributed by atoms with van der Waals surface area (Å²) >= 11 is 0. The summed E-state index contributed by atoms with van der Waals surface area (Å²) in [6.45, 7) is 5.42. The van der Waals surface area contributed by atoms with Crippen LogP contribution in [-0.4, -0.2) is 31.3 Å². The highest BCUT2D eigenvalue weighted by atomic mass is 16.5. The molecule has 2 aliphatic rings. The van der Waals surface area contributed by atoms with Crippen molar-refractivity contribution in [2.45, 2.75) is 19.8 Å². The molecule has 0 atom stereocenters. The molecule has 0 N–H and O–H groups in total. The molecule has 0 unspecified atom stereocenters. The lowest BCUT2D eigenvalue weighted by Crippen LogP contribution is -2.36. The molecule has 1 fully saturated rings. The lowest BCUT2D eigenvalue weighted by atomic mass is 10.0. The van der Waals surface area contributed by atoms with Crippen molar-refractivity contribution >= 4 is 12.1 Å². The normalized spacial score (nSPS) is 20.6. The molecular weight excluding hydrogens is 204 g/mol. The van der Waals surface area contributed by atoms with Gasteiger partial charge in [-0.15, -0.1) is 0 Å². The van der Waals surface area contributed by atoms with Gasteiger partial charge in [0.05, 0.1) is 18.9 Å². The van der Waals surface area contributed by atoms with Gasteiger partial charge in [0.2, 0.25) is 0 Å². The Kier molecular flexibility index (Phi) is 2.44. The number of hydrogen-bond donors (Lipinski definition) is 0. The first-order valence-corrected chi connectivity index (χ1v) is 5.82. The highest BCUT2D eigenvalue weighted by Crippen LogP contribution is 2.27. The van der Waals surface area contributed by atoms with E-state index in [4.69, 9.17) is 9.15 Å². The maximum Gasteiger partial charge on any atom is 0.298 e. The number of morpholine rings is 1. The molecule has 1 aliphatic heterocycles. The number of allylic oxidation sites excluding steroid dienone is 1. The van der Waals surface area contributed by atoms with E-state index in [0.29, 0.717) is 0 Å². The van der Waals surface area contributed by atoms with Gasteiger partial charge in [0.15, 0.2) is 5.76 Å². The molecule has 0 radical (unpaired) electrons. The fourth-order valence-corrected chi connectivity index (χ4v) is 2.14. The van der Waals surface area contributed by atoms with Crippen LogP contribution in [0.4, 0.5) is 6.01 Å². The average Bonchev–Trinajstić information content (AvgIpc) is 2.73. The Hall–Kier alpha value is -1.29. The summed E-state index contributed by atoms with van der Waals surface area (Å²) < 4.78 is 11.1. The Labute approximate surface area is 94.9 Å². The summed E-state index contributed by atoms with van der Waals surface area (Å²) in [5, 5.41) is 0. The molecule has 0 spiro atoms. The number of fused-ring (bicyclic) bond motifs is 1. The van der Waals surface area contributed by atoms with Gasteiger partial charge in [-0.25, -0.2) is 0 Å². The molecule has 4 heteroatoms. The van der Waals surface area contributed by atoms with Crippen molar-refractivity contribution in [3.63, 3.8) is 0 Å². The molecule has 0 saturated carbocycles. The second-order valence-electron chi connectivity index (χ2n) is 4.40. The molecule has 1 aromatic rings. The summed E-state index contributed by atoms with van der Waals surface area (Å²) in [4.78, 5) is 6.73. The van der Waals surface area contributed by atoms with Gasteiger partial charge in [0, 0.05) is 13.1 Å². The van der Waals surface area contributed by atoms with E-state index in [-0.39, 0.29) is 0 Å². The van der Waals surface area contributed by atoms with Crippen LogP contribution < -0.4 is 4.90 Å². The van der Waals surface area contributed by atoms with Crippen LogP contribution in [0.15, 0.2) is 9.99 Å². The molecule has 2 heterocycles. The molecule has 3 rings (SSSR count). The molecule has 0 bridgehead atoms. The number of rotatable bonds is 1. The number of hydrogen-bond acceptors (Lipinski definition) is 4. The predicted molar refractivity (Wildman–Crippen MR) is 61.5 cm³/mol. The quantitative estimate of drug-likeness (QED) is 0.724. The van der Waals surface area contributed by atoms with E-state index in [9.17, 15) is 0 Å². The van der Waals surface area contributed by atoms with E-state index in [1.807, 2.05) is 0 Å². The summed E-state index contributed by atoms with van der Waals surface area (Å²) in [5.41, 5.74) is 2.48. The average molecular weight is 220 g/mol. The third-order valence-electron chi connectivity index (χ3n) is 3.13. The van der Waals surface area contributed by atoms with Crippen molar-refractivity contribution in [1.29, 1.82) is 0 Å². The topological polar surface area (TPSA) is 38.5 Å². The maximum atomic E-state index is 5.80. The Bertz CT molecular complexity index is 417. The van der Waals surface area contributed by atoms with E-state index in [2.05, 4.69) is 22.9 Å². The fourth-order valence-electron chi connectivity index (χ4n) is 2.14. The first-order valence-electron chi connectivity index (χ1n) is 5.82. The highest BCUT2D eigenvalue weighted by Gasteiger charge is 2.21. The Balaban J connectivity index is 1.86. The number of aromatic nitrogens is 1. The summed E-state index contributed by atoms with van der Waals surface area (Å²) in [7, 11) is 0. The summed E-state index contributed by atoms with van der Waals surface area (Å²) in [6.07, 6.45) is 4.21. The lowest BCUT2D eigenvalue weighted by Gasteiger charge is -2.24. The molecule has 1 aromatic heterocycles. The monoisotopic (exact) mass is 220 g/mol. The minimum atomic E-state index is 0.763. The highest BCUT2D eigenvalue weighted by molar-refractivity contribution is 5.54. The van der Waals surface area contributed by atoms with Crippen LogP contribution in [0.2, 0.25) is 0 Å². The van der Waals surface area contributed by atoms with Crippen molar-refractivity contribution in [3.8, 4) is 0 Å². The van der Waals surface area contributed by atoms with Crippen LogP contribution in [0.1, 0.15) is 24.8 Å². The first-order chi connectivity index (χ1) is 7.83. The Morgan fingerprint density at radius 3 is 2.88 bits per heavy atom. The van der Waals surface area contributed by atoms with Crippen LogP contribution in [0.5, 0.6) is 0 Å². The van der Waals surface area contributed by atoms with Crippen LogP contribution in [0.25, 0.3) is 6.08 Å². The fraction of sp³-hybridized carbons (Fsp3) is 0.583. The number of oxazole rings is 1. The standard InChI is InChI=1S/C12H16N2O2/c1-9-2-3-10-11(8-9)16-12(13-10)14-4-6-15-7-5-14/h8H,2-7H2,1H3. The predicted octanol–water partition coefficient (Wildman–Crippen LogP) is 1.86. The third-order valence-corrected chi connectivity index (χ3v) is 3.13. The van der Waals surface area contributed by atoms with Gasteiger partial charge in [-0.3, -0.25) is 0 Å². The molecular formula is C12H16N2O2. The zero-order valence-corrected chi connectivity index (χ0v) is 9.53. The van der Waals surface area contributed by atoms with Crippen molar-refractivity contribution in [1.82, 2.24) is 4.98 Å². The summed E-state index contributed by atoms with van der Waals surface area (Å²) in [5.74, 6) is 0.949. The number of ether oxygens (including phenoxy) is 1. The van der Waals surface area contributed by atoms with Crippen LogP contribution in [-0.2, 0) is 11.2 Å². The largest absolute Gasteiger partial charge is 0.424 e. The SMILES string of the molecule is CC1=Cc2oc(N3CCOCC3)nc2CC1. The molecule has 0 aromatic carbocycles. The number of nitrogens with zero attached hydrogens (tertiary/aromatic N) is 2. The van der Waals surface area contributed by atoms with Gasteiger partial charge in [0.1, 0.15) is 0 Å². The van der Waals surface area contributed by atoms with E-state index in [0.717, 1.165) is 56.6 Å². The first kappa shape index (κ1) is 9.90. The second kappa shape index (κ2) is 3.94. The van der Waals surface area contributed by atoms with Gasteiger partial charge in [0.25, 0.3) is 6.01 Å². The maximum absolute atomic E-state index is 5.80. The van der Waals surface area contributed by atoms with E-state index < -0.39 is 0 Å². The van der Waals surface area contributed by atoms with Gasteiger partial charge >= 0.3 is 0 Å². The van der Waals surface area contributed by atoms with Crippen molar-refractivity contribution in [2.24, 2.45) is 0 Å². The molecule has 0 amide bonds. The van der Waals surface area contributed by atoms with Gasteiger partial charge in [-0.2, -0.15) is 4.98 Å². The second-order valence-corrected chi connectivity index (χ2v) is 4.40. The smallest absolute Gasteiger partial charge is 0.298 e. The van der Waals surface area contributed by atoms with Gasteiger partial charge in [-0.05, 0) is 25.8 Å². The minimum absolute atomic E-state index is 0.763. The Morgan fingerprint density at radius 2 is 2.06 bits per heavy atom. The summed E-state index contributed by atoms with van der Waals surface area (Å²) in [6, 6.07) is 0.763. The van der Waals surface area contributed by atoms with Crippen molar-refractivity contribution in [2.75, 3.05) is 31.2 Å². The zero-order chi connectivity index (χ0) is 11.0. The van der Waals surface area contributed by atoms with Gasteiger partial charge < -0.3 is 14.1 Å². The molecule has 86 valence electrons. The Morgan fingerprint density at radius 1 is 1.25 bits per heavy atom. The molecule has 1 saturated heterocycles. The van der Waals surface area contributed by atoms with Crippen LogP contribution in [0, 0.1) is 0 Å².